The molecule has 0 aliphatic carbocycles. The summed E-state index contributed by atoms with van der Waals surface area (Å²) in [4.78, 5) is 4.61. The fourth-order valence-corrected chi connectivity index (χ4v) is 4.89. The van der Waals surface area contributed by atoms with Gasteiger partial charge in [0.2, 0.25) is 5.89 Å². The first-order chi connectivity index (χ1) is 9.83. The van der Waals surface area contributed by atoms with Crippen LogP contribution in [-0.4, -0.2) is 40.0 Å². The van der Waals surface area contributed by atoms with Crippen LogP contribution in [0.2, 0.25) is 0 Å². The molecular formula is C14H25N3OS2. The van der Waals surface area contributed by atoms with Gasteiger partial charge in [-0.2, -0.15) is 16.7 Å². The second-order valence-electron chi connectivity index (χ2n) is 5.12. The fourth-order valence-electron chi connectivity index (χ4n) is 2.30. The molecule has 1 saturated heterocycles. The topological polar surface area (TPSA) is 51.0 Å². The minimum Gasteiger partial charge on any atom is -0.339 e. The molecule has 4 nitrogen and oxygen atoms in total. The van der Waals surface area contributed by atoms with E-state index in [1.54, 1.807) is 0 Å². The van der Waals surface area contributed by atoms with Gasteiger partial charge in [0, 0.05) is 29.7 Å². The van der Waals surface area contributed by atoms with E-state index in [4.69, 9.17) is 4.52 Å². The van der Waals surface area contributed by atoms with E-state index in [2.05, 4.69) is 29.3 Å². The monoisotopic (exact) mass is 315 g/mol. The van der Waals surface area contributed by atoms with Gasteiger partial charge in [0.05, 0.1) is 5.25 Å². The lowest BCUT2D eigenvalue weighted by Gasteiger charge is -2.17. The van der Waals surface area contributed by atoms with Crippen LogP contribution in [0.15, 0.2) is 4.52 Å². The molecule has 0 aromatic carbocycles. The zero-order valence-corrected chi connectivity index (χ0v) is 14.1. The summed E-state index contributed by atoms with van der Waals surface area (Å²) in [6, 6.07) is 0.460. The summed E-state index contributed by atoms with van der Waals surface area (Å²) >= 11 is 3.94. The molecule has 1 aliphatic heterocycles. The lowest BCUT2D eigenvalue weighted by atomic mass is 10.1. The molecule has 114 valence electrons. The molecule has 2 rings (SSSR count). The SMILES string of the molecule is CCCNC(CCC)Cc1nc(C2CSCCS2)no1. The molecule has 1 fully saturated rings. The Labute approximate surface area is 130 Å². The van der Waals surface area contributed by atoms with E-state index in [9.17, 15) is 0 Å². The molecule has 0 bridgehead atoms. The van der Waals surface area contributed by atoms with Crippen molar-refractivity contribution in [2.24, 2.45) is 0 Å². The maximum absolute atomic E-state index is 5.45. The van der Waals surface area contributed by atoms with Gasteiger partial charge < -0.3 is 9.84 Å². The van der Waals surface area contributed by atoms with Gasteiger partial charge in [-0.3, -0.25) is 0 Å². The Balaban J connectivity index is 1.89. The number of hydrogen-bond acceptors (Lipinski definition) is 6. The third-order valence-electron chi connectivity index (χ3n) is 3.33. The summed E-state index contributed by atoms with van der Waals surface area (Å²) in [6.45, 7) is 5.47. The van der Waals surface area contributed by atoms with Crippen molar-refractivity contribution >= 4 is 23.5 Å². The van der Waals surface area contributed by atoms with Crippen molar-refractivity contribution < 1.29 is 4.52 Å². The predicted molar refractivity (Wildman–Crippen MR) is 87.5 cm³/mol. The van der Waals surface area contributed by atoms with Crippen LogP contribution in [0.1, 0.15) is 50.1 Å². The van der Waals surface area contributed by atoms with Crippen LogP contribution in [0.5, 0.6) is 0 Å². The zero-order valence-electron chi connectivity index (χ0n) is 12.4. The van der Waals surface area contributed by atoms with Crippen molar-refractivity contribution in [2.45, 2.75) is 50.8 Å². The molecule has 1 aromatic rings. The second kappa shape index (κ2) is 8.95. The van der Waals surface area contributed by atoms with Gasteiger partial charge in [-0.25, -0.2) is 0 Å². The average molecular weight is 316 g/mol. The molecular weight excluding hydrogens is 290 g/mol. The number of thioether (sulfide) groups is 2. The maximum Gasteiger partial charge on any atom is 0.228 e. The smallest absolute Gasteiger partial charge is 0.228 e. The Kier molecular flexibility index (Phi) is 7.24. The number of rotatable bonds is 8. The van der Waals surface area contributed by atoms with E-state index in [-0.39, 0.29) is 0 Å². The standard InChI is InChI=1S/C14H25N3OS2/c1-3-5-11(15-6-4-2)9-13-16-14(17-18-13)12-10-19-7-8-20-12/h11-12,15H,3-10H2,1-2H3. The van der Waals surface area contributed by atoms with Gasteiger partial charge in [0.15, 0.2) is 5.82 Å². The van der Waals surface area contributed by atoms with Crippen molar-refractivity contribution in [3.05, 3.63) is 11.7 Å². The Morgan fingerprint density at radius 3 is 2.95 bits per heavy atom. The number of hydrogen-bond donors (Lipinski definition) is 1. The first-order valence-electron chi connectivity index (χ1n) is 7.58. The van der Waals surface area contributed by atoms with E-state index in [0.717, 1.165) is 43.3 Å². The van der Waals surface area contributed by atoms with Crippen molar-refractivity contribution in [1.82, 2.24) is 15.5 Å². The molecule has 2 unspecified atom stereocenters. The van der Waals surface area contributed by atoms with Crippen LogP contribution < -0.4 is 5.32 Å². The number of nitrogens with zero attached hydrogens (tertiary/aromatic N) is 2. The van der Waals surface area contributed by atoms with Crippen LogP contribution in [0.4, 0.5) is 0 Å². The minimum atomic E-state index is 0.416. The van der Waals surface area contributed by atoms with E-state index in [1.807, 2.05) is 23.5 Å². The highest BCUT2D eigenvalue weighted by Crippen LogP contribution is 2.35. The van der Waals surface area contributed by atoms with Gasteiger partial charge >= 0.3 is 0 Å². The molecule has 0 radical (unpaired) electrons. The molecule has 1 N–H and O–H groups in total. The molecule has 0 saturated carbocycles. The third kappa shape index (κ3) is 4.97. The van der Waals surface area contributed by atoms with Gasteiger partial charge in [-0.1, -0.05) is 25.4 Å². The summed E-state index contributed by atoms with van der Waals surface area (Å²) < 4.78 is 5.45. The minimum absolute atomic E-state index is 0.416. The van der Waals surface area contributed by atoms with Gasteiger partial charge in [0.25, 0.3) is 0 Å². The van der Waals surface area contributed by atoms with Gasteiger partial charge in [-0.15, -0.1) is 11.8 Å². The molecule has 0 spiro atoms. The second-order valence-corrected chi connectivity index (χ2v) is 7.58. The van der Waals surface area contributed by atoms with Crippen LogP contribution in [-0.2, 0) is 6.42 Å². The zero-order chi connectivity index (χ0) is 14.2. The summed E-state index contributed by atoms with van der Waals surface area (Å²) in [7, 11) is 0. The van der Waals surface area contributed by atoms with Gasteiger partial charge in [0.1, 0.15) is 0 Å². The summed E-state index contributed by atoms with van der Waals surface area (Å²) in [5.74, 6) is 5.22. The molecule has 6 heteroatoms. The van der Waals surface area contributed by atoms with Crippen LogP contribution in [0.3, 0.4) is 0 Å². The van der Waals surface area contributed by atoms with Crippen LogP contribution in [0, 0.1) is 0 Å². The third-order valence-corrected chi connectivity index (χ3v) is 6.08. The largest absolute Gasteiger partial charge is 0.339 e. The Bertz CT molecular complexity index is 380. The van der Waals surface area contributed by atoms with E-state index in [0.29, 0.717) is 11.3 Å². The van der Waals surface area contributed by atoms with Crippen molar-refractivity contribution in [3.63, 3.8) is 0 Å². The normalized spacial score (nSPS) is 21.0. The Morgan fingerprint density at radius 2 is 2.25 bits per heavy atom. The molecule has 20 heavy (non-hydrogen) atoms. The highest BCUT2D eigenvalue weighted by molar-refractivity contribution is 8.06. The fraction of sp³-hybridized carbons (Fsp3) is 0.857. The predicted octanol–water partition coefficient (Wildman–Crippen LogP) is 3.30. The van der Waals surface area contributed by atoms with Crippen molar-refractivity contribution in [3.8, 4) is 0 Å². The molecule has 2 atom stereocenters. The van der Waals surface area contributed by atoms with Crippen LogP contribution >= 0.6 is 23.5 Å². The van der Waals surface area contributed by atoms with E-state index < -0.39 is 0 Å². The van der Waals surface area contributed by atoms with Gasteiger partial charge in [-0.05, 0) is 19.4 Å². The number of nitrogens with one attached hydrogen (secondary N) is 1. The lowest BCUT2D eigenvalue weighted by Crippen LogP contribution is -2.31. The highest BCUT2D eigenvalue weighted by atomic mass is 32.2. The molecule has 1 aliphatic rings. The Hall–Kier alpha value is -0.200. The maximum atomic E-state index is 5.45. The highest BCUT2D eigenvalue weighted by Gasteiger charge is 2.22. The van der Waals surface area contributed by atoms with Crippen molar-refractivity contribution in [2.75, 3.05) is 23.8 Å². The molecule has 0 amide bonds. The van der Waals surface area contributed by atoms with E-state index >= 15 is 0 Å². The first-order valence-corrected chi connectivity index (χ1v) is 9.79. The first kappa shape index (κ1) is 16.2. The van der Waals surface area contributed by atoms with Crippen molar-refractivity contribution in [1.29, 1.82) is 0 Å². The summed E-state index contributed by atoms with van der Waals surface area (Å²) in [6.07, 6.45) is 4.35. The van der Waals surface area contributed by atoms with E-state index in [1.165, 1.54) is 17.9 Å². The quantitative estimate of drug-likeness (QED) is 0.794. The lowest BCUT2D eigenvalue weighted by molar-refractivity contribution is 0.347. The Morgan fingerprint density at radius 1 is 1.35 bits per heavy atom. The average Bonchev–Trinajstić information content (AvgIpc) is 2.94. The van der Waals surface area contributed by atoms with Crippen LogP contribution in [0.25, 0.3) is 0 Å². The number of aromatic nitrogens is 2. The summed E-state index contributed by atoms with van der Waals surface area (Å²) in [5, 5.41) is 8.17. The summed E-state index contributed by atoms with van der Waals surface area (Å²) in [5.41, 5.74) is 0. The molecule has 1 aromatic heterocycles. The molecule has 2 heterocycles.